The van der Waals surface area contributed by atoms with Gasteiger partial charge in [0.2, 0.25) is 0 Å². The van der Waals surface area contributed by atoms with Crippen LogP contribution in [-0.4, -0.2) is 72.5 Å². The molecule has 8 nitrogen and oxygen atoms in total. The maximum atomic E-state index is 13.0. The van der Waals surface area contributed by atoms with Crippen molar-refractivity contribution >= 4 is 17.7 Å². The van der Waals surface area contributed by atoms with Gasteiger partial charge >= 0.3 is 5.97 Å². The van der Waals surface area contributed by atoms with Crippen molar-refractivity contribution in [2.75, 3.05) is 26.1 Å². The highest BCUT2D eigenvalue weighted by Crippen LogP contribution is 2.36. The molecule has 8 heteroatoms. The first-order chi connectivity index (χ1) is 11.9. The SMILES string of the molecule is COC(=O)[C@@H]1C[C@@H]2[C@H](CC[C@@H](C)N2C(=O)c2ccc(N(C)C)nn2)O1. The molecule has 0 N–H and O–H groups in total. The first-order valence-electron chi connectivity index (χ1n) is 8.49. The van der Waals surface area contributed by atoms with E-state index in [1.54, 1.807) is 17.0 Å². The zero-order valence-electron chi connectivity index (χ0n) is 15.0. The summed E-state index contributed by atoms with van der Waals surface area (Å²) >= 11 is 0. The summed E-state index contributed by atoms with van der Waals surface area (Å²) in [6, 6.07) is 3.38. The van der Waals surface area contributed by atoms with E-state index < -0.39 is 6.10 Å². The van der Waals surface area contributed by atoms with E-state index in [0.717, 1.165) is 12.8 Å². The lowest BCUT2D eigenvalue weighted by molar-refractivity contribution is -0.153. The van der Waals surface area contributed by atoms with Crippen LogP contribution in [0.5, 0.6) is 0 Å². The van der Waals surface area contributed by atoms with Crippen LogP contribution in [0, 0.1) is 0 Å². The van der Waals surface area contributed by atoms with Gasteiger partial charge in [0.1, 0.15) is 0 Å². The van der Waals surface area contributed by atoms with Crippen LogP contribution in [0.4, 0.5) is 5.82 Å². The average molecular weight is 348 g/mol. The smallest absolute Gasteiger partial charge is 0.335 e. The molecular formula is C17H24N4O4. The summed E-state index contributed by atoms with van der Waals surface area (Å²) in [5, 5.41) is 8.16. The molecule has 2 saturated heterocycles. The Bertz CT molecular complexity index is 649. The fourth-order valence-electron chi connectivity index (χ4n) is 3.60. The fourth-order valence-corrected chi connectivity index (χ4v) is 3.60. The third-order valence-electron chi connectivity index (χ3n) is 4.95. The fraction of sp³-hybridized carbons (Fsp3) is 0.647. The number of amides is 1. The van der Waals surface area contributed by atoms with Crippen LogP contribution in [0.15, 0.2) is 12.1 Å². The summed E-state index contributed by atoms with van der Waals surface area (Å²) in [7, 11) is 5.08. The molecule has 1 amide bonds. The number of anilines is 1. The number of methoxy groups -OCH3 is 1. The summed E-state index contributed by atoms with van der Waals surface area (Å²) in [4.78, 5) is 28.5. The molecule has 0 aromatic carbocycles. The van der Waals surface area contributed by atoms with Gasteiger partial charge in [0.05, 0.1) is 19.3 Å². The third kappa shape index (κ3) is 3.30. The van der Waals surface area contributed by atoms with Crippen molar-refractivity contribution in [3.05, 3.63) is 17.8 Å². The van der Waals surface area contributed by atoms with E-state index in [2.05, 4.69) is 10.2 Å². The Morgan fingerprint density at radius 2 is 2.04 bits per heavy atom. The van der Waals surface area contributed by atoms with Crippen LogP contribution in [0.3, 0.4) is 0 Å². The maximum Gasteiger partial charge on any atom is 0.335 e. The molecule has 0 aliphatic carbocycles. The Morgan fingerprint density at radius 3 is 2.64 bits per heavy atom. The van der Waals surface area contributed by atoms with E-state index in [-0.39, 0.29) is 30.1 Å². The van der Waals surface area contributed by atoms with E-state index in [0.29, 0.717) is 17.9 Å². The number of carbonyl (C=O) groups is 2. The van der Waals surface area contributed by atoms with Crippen molar-refractivity contribution in [2.45, 2.75) is 50.5 Å². The zero-order valence-corrected chi connectivity index (χ0v) is 15.0. The number of esters is 1. The molecular weight excluding hydrogens is 324 g/mol. The summed E-state index contributed by atoms with van der Waals surface area (Å²) in [5.74, 6) is 0.134. The Morgan fingerprint density at radius 1 is 1.28 bits per heavy atom. The lowest BCUT2D eigenvalue weighted by Gasteiger charge is -2.41. The number of likely N-dealkylation sites (tertiary alicyclic amines) is 1. The second-order valence-corrected chi connectivity index (χ2v) is 6.80. The van der Waals surface area contributed by atoms with Crippen LogP contribution in [-0.2, 0) is 14.3 Å². The Kier molecular flexibility index (Phi) is 4.89. The van der Waals surface area contributed by atoms with Crippen LogP contribution < -0.4 is 4.90 Å². The summed E-state index contributed by atoms with van der Waals surface area (Å²) < 4.78 is 10.6. The predicted octanol–water partition coefficient (Wildman–Crippen LogP) is 0.866. The number of hydrogen-bond donors (Lipinski definition) is 0. The molecule has 2 fully saturated rings. The quantitative estimate of drug-likeness (QED) is 0.749. The highest BCUT2D eigenvalue weighted by Gasteiger charge is 2.48. The van der Waals surface area contributed by atoms with Gasteiger partial charge in [0, 0.05) is 26.6 Å². The molecule has 0 radical (unpaired) electrons. The second-order valence-electron chi connectivity index (χ2n) is 6.80. The average Bonchev–Trinajstić information content (AvgIpc) is 3.04. The molecule has 2 aliphatic heterocycles. The lowest BCUT2D eigenvalue weighted by atomic mass is 9.92. The molecule has 1 aromatic heterocycles. The molecule has 0 spiro atoms. The van der Waals surface area contributed by atoms with Crippen molar-refractivity contribution in [1.82, 2.24) is 15.1 Å². The normalized spacial score (nSPS) is 28.4. The number of rotatable bonds is 3. The minimum atomic E-state index is -0.609. The molecule has 0 unspecified atom stereocenters. The van der Waals surface area contributed by atoms with Gasteiger partial charge in [-0.15, -0.1) is 10.2 Å². The zero-order chi connectivity index (χ0) is 18.1. The largest absolute Gasteiger partial charge is 0.467 e. The predicted molar refractivity (Wildman–Crippen MR) is 90.3 cm³/mol. The first kappa shape index (κ1) is 17.6. The number of piperidine rings is 1. The molecule has 3 heterocycles. The summed E-state index contributed by atoms with van der Waals surface area (Å²) in [6.07, 6.45) is 1.36. The lowest BCUT2D eigenvalue weighted by Crippen LogP contribution is -2.53. The molecule has 0 bridgehead atoms. The van der Waals surface area contributed by atoms with Crippen molar-refractivity contribution < 1.29 is 19.1 Å². The topological polar surface area (TPSA) is 84.9 Å². The number of fused-ring (bicyclic) bond motifs is 1. The number of hydrogen-bond acceptors (Lipinski definition) is 7. The molecule has 2 aliphatic rings. The molecule has 3 rings (SSSR count). The first-order valence-corrected chi connectivity index (χ1v) is 8.49. The molecule has 136 valence electrons. The van der Waals surface area contributed by atoms with Gasteiger partial charge in [-0.3, -0.25) is 4.79 Å². The Labute approximate surface area is 147 Å². The van der Waals surface area contributed by atoms with E-state index in [1.165, 1.54) is 7.11 Å². The number of aromatic nitrogens is 2. The van der Waals surface area contributed by atoms with E-state index >= 15 is 0 Å². The van der Waals surface area contributed by atoms with Crippen LogP contribution >= 0.6 is 0 Å². The monoisotopic (exact) mass is 348 g/mol. The Balaban J connectivity index is 1.81. The molecule has 25 heavy (non-hydrogen) atoms. The van der Waals surface area contributed by atoms with Gasteiger partial charge in [0.25, 0.3) is 5.91 Å². The van der Waals surface area contributed by atoms with Gasteiger partial charge < -0.3 is 19.3 Å². The number of carbonyl (C=O) groups excluding carboxylic acids is 2. The van der Waals surface area contributed by atoms with Gasteiger partial charge in [-0.05, 0) is 31.9 Å². The van der Waals surface area contributed by atoms with E-state index in [9.17, 15) is 9.59 Å². The van der Waals surface area contributed by atoms with Crippen molar-refractivity contribution in [2.24, 2.45) is 0 Å². The van der Waals surface area contributed by atoms with Gasteiger partial charge in [0.15, 0.2) is 17.6 Å². The molecule has 1 aromatic rings. The minimum absolute atomic E-state index is 0.0593. The van der Waals surface area contributed by atoms with Gasteiger partial charge in [-0.25, -0.2) is 4.79 Å². The number of ether oxygens (including phenoxy) is 2. The van der Waals surface area contributed by atoms with Crippen LogP contribution in [0.1, 0.15) is 36.7 Å². The highest BCUT2D eigenvalue weighted by atomic mass is 16.6. The van der Waals surface area contributed by atoms with Crippen molar-refractivity contribution in [1.29, 1.82) is 0 Å². The molecule has 0 saturated carbocycles. The maximum absolute atomic E-state index is 13.0. The van der Waals surface area contributed by atoms with Gasteiger partial charge in [-0.2, -0.15) is 0 Å². The van der Waals surface area contributed by atoms with Crippen molar-refractivity contribution in [3.63, 3.8) is 0 Å². The third-order valence-corrected chi connectivity index (χ3v) is 4.95. The van der Waals surface area contributed by atoms with Crippen LogP contribution in [0.25, 0.3) is 0 Å². The van der Waals surface area contributed by atoms with E-state index in [4.69, 9.17) is 9.47 Å². The standard InChI is InChI=1S/C17H24N4O4/c1-10-5-7-13-12(9-14(25-13)17(23)24-4)21(10)16(22)11-6-8-15(19-18-11)20(2)3/h6,8,10,12-14H,5,7,9H2,1-4H3/t10-,12-,13+,14+/m1/s1. The minimum Gasteiger partial charge on any atom is -0.467 e. The highest BCUT2D eigenvalue weighted by molar-refractivity contribution is 5.93. The summed E-state index contributed by atoms with van der Waals surface area (Å²) in [6.45, 7) is 2.02. The Hall–Kier alpha value is -2.22. The van der Waals surface area contributed by atoms with E-state index in [1.807, 2.05) is 25.9 Å². The van der Waals surface area contributed by atoms with Crippen molar-refractivity contribution in [3.8, 4) is 0 Å². The van der Waals surface area contributed by atoms with Crippen LogP contribution in [0.2, 0.25) is 0 Å². The molecule has 4 atom stereocenters. The van der Waals surface area contributed by atoms with Gasteiger partial charge in [-0.1, -0.05) is 0 Å². The number of nitrogens with zero attached hydrogens (tertiary/aromatic N) is 4. The summed E-state index contributed by atoms with van der Waals surface area (Å²) in [5.41, 5.74) is 0.305. The second kappa shape index (κ2) is 6.95.